The van der Waals surface area contributed by atoms with E-state index in [0.29, 0.717) is 19.0 Å². The molecule has 0 saturated heterocycles. The Morgan fingerprint density at radius 2 is 1.62 bits per heavy atom. The van der Waals surface area contributed by atoms with Gasteiger partial charge in [0, 0.05) is 8.07 Å². The van der Waals surface area contributed by atoms with Gasteiger partial charge in [-0.25, -0.2) is 9.18 Å². The number of halogens is 1. The van der Waals surface area contributed by atoms with Gasteiger partial charge in [0.25, 0.3) is 0 Å². The molecule has 4 nitrogen and oxygen atoms in total. The summed E-state index contributed by atoms with van der Waals surface area (Å²) < 4.78 is 31.3. The van der Waals surface area contributed by atoms with Gasteiger partial charge in [0.1, 0.15) is 17.1 Å². The molecule has 0 radical (unpaired) electrons. The number of ether oxygens (including phenoxy) is 3. The Morgan fingerprint density at radius 3 is 2.29 bits per heavy atom. The van der Waals surface area contributed by atoms with Gasteiger partial charge < -0.3 is 14.2 Å². The number of esters is 1. The maximum absolute atomic E-state index is 14.4. The number of rotatable bonds is 15. The Bertz CT molecular complexity index is 877. The second-order valence-corrected chi connectivity index (χ2v) is 15.9. The third-order valence-electron chi connectivity index (χ3n) is 5.60. The molecule has 1 atom stereocenters. The van der Waals surface area contributed by atoms with Crippen LogP contribution in [0.2, 0.25) is 25.7 Å². The van der Waals surface area contributed by atoms with E-state index < -0.39 is 19.9 Å². The van der Waals surface area contributed by atoms with Crippen LogP contribution in [0.25, 0.3) is 0 Å². The summed E-state index contributed by atoms with van der Waals surface area (Å²) >= 11 is 0. The molecule has 0 heterocycles. The summed E-state index contributed by atoms with van der Waals surface area (Å²) in [5, 5.41) is 0. The lowest BCUT2D eigenvalue weighted by Crippen LogP contribution is -2.18. The predicted molar refractivity (Wildman–Crippen MR) is 139 cm³/mol. The molecule has 2 aromatic carbocycles. The van der Waals surface area contributed by atoms with Crippen molar-refractivity contribution < 1.29 is 23.4 Å². The van der Waals surface area contributed by atoms with E-state index in [1.807, 2.05) is 6.92 Å². The second-order valence-electron chi connectivity index (χ2n) is 10.3. The van der Waals surface area contributed by atoms with Crippen LogP contribution in [0.3, 0.4) is 0 Å². The molecule has 0 bridgehead atoms. The Hall–Kier alpha value is -2.34. The molecule has 0 N–H and O–H groups in total. The highest BCUT2D eigenvalue weighted by molar-refractivity contribution is 6.76. The quantitative estimate of drug-likeness (QED) is 0.110. The number of hydrogen-bond acceptors (Lipinski definition) is 4. The molecule has 0 aromatic heterocycles. The van der Waals surface area contributed by atoms with Crippen LogP contribution in [0.15, 0.2) is 42.5 Å². The highest BCUT2D eigenvalue weighted by Gasteiger charge is 2.19. The van der Waals surface area contributed by atoms with Crippen molar-refractivity contribution in [2.45, 2.75) is 78.1 Å². The minimum Gasteiger partial charge on any atom is -0.494 e. The summed E-state index contributed by atoms with van der Waals surface area (Å²) in [6.07, 6.45) is 6.77. The smallest absolute Gasteiger partial charge is 0.347 e. The zero-order chi connectivity index (χ0) is 25.0. The molecule has 2 aromatic rings. The minimum atomic E-state index is -0.928. The largest absolute Gasteiger partial charge is 0.494 e. The average Bonchev–Trinajstić information content (AvgIpc) is 2.78. The third-order valence-corrected chi connectivity index (χ3v) is 7.46. The Kier molecular flexibility index (Phi) is 11.6. The number of hydrogen-bond donors (Lipinski definition) is 0. The van der Waals surface area contributed by atoms with E-state index >= 15 is 0 Å². The van der Waals surface area contributed by atoms with Crippen LogP contribution < -0.4 is 14.2 Å². The molecule has 0 unspecified atom stereocenters. The van der Waals surface area contributed by atoms with Gasteiger partial charge in [-0.05, 0) is 55.2 Å². The topological polar surface area (TPSA) is 44.8 Å². The molecule has 188 valence electrons. The molecular weight excluding hydrogens is 447 g/mol. The molecule has 0 spiro atoms. The third kappa shape index (κ3) is 10.3. The molecule has 0 aliphatic heterocycles. The standard InChI is InChI=1S/C28H41FO4Si/c1-6-12-22(2)21-32-27-25(13-11-14-26(27)29)28(30)33-24-17-15-23(16-18-24)31-19-9-7-8-10-20-34(3,4)5/h11,13-18,22H,6-10,12,19-21H2,1-5H3/t22-/m0/s1. The van der Waals surface area contributed by atoms with Crippen LogP contribution in [-0.4, -0.2) is 27.3 Å². The normalized spacial score (nSPS) is 12.3. The monoisotopic (exact) mass is 488 g/mol. The van der Waals surface area contributed by atoms with Gasteiger partial charge in [0.15, 0.2) is 11.6 Å². The first-order valence-corrected chi connectivity index (χ1v) is 16.3. The molecule has 0 fully saturated rings. The minimum absolute atomic E-state index is 0.0553. The van der Waals surface area contributed by atoms with Crippen LogP contribution in [0.4, 0.5) is 4.39 Å². The fraction of sp³-hybridized carbons (Fsp3) is 0.536. The highest BCUT2D eigenvalue weighted by Crippen LogP contribution is 2.26. The number of unbranched alkanes of at least 4 members (excludes halogenated alkanes) is 3. The van der Waals surface area contributed by atoms with Gasteiger partial charge in [-0.1, -0.05) is 71.3 Å². The number of carbonyl (C=O) groups is 1. The van der Waals surface area contributed by atoms with Crippen molar-refractivity contribution >= 4 is 14.0 Å². The molecule has 2 rings (SSSR count). The number of carbonyl (C=O) groups excluding carboxylic acids is 1. The van der Waals surface area contributed by atoms with Gasteiger partial charge in [-0.3, -0.25) is 0 Å². The lowest BCUT2D eigenvalue weighted by atomic mass is 10.1. The Labute approximate surface area is 205 Å². The van der Waals surface area contributed by atoms with Gasteiger partial charge >= 0.3 is 5.97 Å². The van der Waals surface area contributed by atoms with Gasteiger partial charge in [-0.2, -0.15) is 0 Å². The van der Waals surface area contributed by atoms with E-state index in [0.717, 1.165) is 25.0 Å². The van der Waals surface area contributed by atoms with E-state index in [1.165, 1.54) is 43.5 Å². The first-order chi connectivity index (χ1) is 16.2. The van der Waals surface area contributed by atoms with E-state index in [9.17, 15) is 9.18 Å². The van der Waals surface area contributed by atoms with Crippen molar-refractivity contribution in [3.8, 4) is 17.2 Å². The first kappa shape index (κ1) is 27.9. The van der Waals surface area contributed by atoms with Crippen LogP contribution in [0.5, 0.6) is 17.2 Å². The maximum Gasteiger partial charge on any atom is 0.347 e. The number of benzene rings is 2. The fourth-order valence-corrected chi connectivity index (χ4v) is 5.00. The lowest BCUT2D eigenvalue weighted by Gasteiger charge is -2.15. The van der Waals surface area contributed by atoms with Crippen LogP contribution in [0.1, 0.15) is 62.7 Å². The summed E-state index contributed by atoms with van der Waals surface area (Å²) in [4.78, 5) is 12.7. The van der Waals surface area contributed by atoms with Crippen molar-refractivity contribution in [1.82, 2.24) is 0 Å². The first-order valence-electron chi connectivity index (χ1n) is 12.6. The SMILES string of the molecule is CCC[C@H](C)COc1c(F)cccc1C(=O)Oc1ccc(OCCCCCC[Si](C)(C)C)cc1. The zero-order valence-electron chi connectivity index (χ0n) is 21.5. The predicted octanol–water partition coefficient (Wildman–Crippen LogP) is 8.14. The van der Waals surface area contributed by atoms with E-state index in [4.69, 9.17) is 14.2 Å². The lowest BCUT2D eigenvalue weighted by molar-refractivity contribution is 0.0727. The Morgan fingerprint density at radius 1 is 0.941 bits per heavy atom. The molecule has 0 aliphatic rings. The summed E-state index contributed by atoms with van der Waals surface area (Å²) in [6.45, 7) is 12.4. The maximum atomic E-state index is 14.4. The summed E-state index contributed by atoms with van der Waals surface area (Å²) in [7, 11) is -0.928. The molecular formula is C28H41FO4Si. The van der Waals surface area contributed by atoms with Crippen molar-refractivity contribution in [1.29, 1.82) is 0 Å². The van der Waals surface area contributed by atoms with Crippen LogP contribution in [-0.2, 0) is 0 Å². The van der Waals surface area contributed by atoms with Gasteiger partial charge in [0.05, 0.1) is 13.2 Å². The molecule has 0 saturated carbocycles. The van der Waals surface area contributed by atoms with E-state index in [1.54, 1.807) is 24.3 Å². The van der Waals surface area contributed by atoms with E-state index in [-0.39, 0.29) is 17.2 Å². The molecule has 6 heteroatoms. The van der Waals surface area contributed by atoms with E-state index in [2.05, 4.69) is 26.6 Å². The second kappa shape index (κ2) is 14.1. The van der Waals surface area contributed by atoms with Crippen molar-refractivity contribution in [3.63, 3.8) is 0 Å². The Balaban J connectivity index is 1.83. The van der Waals surface area contributed by atoms with Gasteiger partial charge in [0.2, 0.25) is 0 Å². The fourth-order valence-electron chi connectivity index (χ4n) is 3.68. The van der Waals surface area contributed by atoms with Gasteiger partial charge in [-0.15, -0.1) is 0 Å². The molecule has 0 amide bonds. The van der Waals surface area contributed by atoms with Crippen LogP contribution in [0, 0.1) is 11.7 Å². The molecule has 34 heavy (non-hydrogen) atoms. The highest BCUT2D eigenvalue weighted by atomic mass is 28.3. The van der Waals surface area contributed by atoms with Crippen molar-refractivity contribution in [2.75, 3.05) is 13.2 Å². The van der Waals surface area contributed by atoms with Crippen molar-refractivity contribution in [2.24, 2.45) is 5.92 Å². The summed E-state index contributed by atoms with van der Waals surface area (Å²) in [6, 6.07) is 12.6. The average molecular weight is 489 g/mol. The van der Waals surface area contributed by atoms with Crippen LogP contribution >= 0.6 is 0 Å². The molecule has 0 aliphatic carbocycles. The number of para-hydroxylation sites is 1. The summed E-state index contributed by atoms with van der Waals surface area (Å²) in [5.41, 5.74) is 0.0816. The zero-order valence-corrected chi connectivity index (χ0v) is 22.5. The van der Waals surface area contributed by atoms with Crippen molar-refractivity contribution in [3.05, 3.63) is 53.8 Å². The summed E-state index contributed by atoms with van der Waals surface area (Å²) in [5.74, 6) is 0.110.